The van der Waals surface area contributed by atoms with Crippen LogP contribution in [0.2, 0.25) is 0 Å². The molecular formula is C21H31N3O2S. The number of rotatable bonds is 10. The van der Waals surface area contributed by atoms with E-state index in [0.29, 0.717) is 6.54 Å². The van der Waals surface area contributed by atoms with Crippen molar-refractivity contribution in [3.63, 3.8) is 0 Å². The second kappa shape index (κ2) is 9.85. The molecule has 0 fully saturated rings. The standard InChI is InChI=1S/C21H31N3O2S/c1-21(2,3)27(25,26)24-14-6-4-5-13-23-20-9-7-18(8-10-20)17-19-11-15-22-16-12-19/h7-12,15-16,23-24H,4-6,13-14,17H2,1-3H3. The molecule has 0 atom stereocenters. The first-order chi connectivity index (χ1) is 12.8. The largest absolute Gasteiger partial charge is 0.385 e. The van der Waals surface area contributed by atoms with Crippen molar-refractivity contribution < 1.29 is 8.42 Å². The Hall–Kier alpha value is -1.92. The number of aromatic nitrogens is 1. The van der Waals surface area contributed by atoms with Crippen molar-refractivity contribution in [2.24, 2.45) is 0 Å². The number of hydrogen-bond acceptors (Lipinski definition) is 4. The van der Waals surface area contributed by atoms with E-state index in [-0.39, 0.29) is 0 Å². The van der Waals surface area contributed by atoms with Crippen molar-refractivity contribution in [2.45, 2.75) is 51.2 Å². The van der Waals surface area contributed by atoms with Gasteiger partial charge in [-0.3, -0.25) is 4.98 Å². The predicted octanol–water partition coefficient (Wildman–Crippen LogP) is 3.97. The van der Waals surface area contributed by atoms with E-state index < -0.39 is 14.8 Å². The zero-order valence-corrected chi connectivity index (χ0v) is 17.3. The summed E-state index contributed by atoms with van der Waals surface area (Å²) >= 11 is 0. The van der Waals surface area contributed by atoms with Crippen LogP contribution in [0.3, 0.4) is 0 Å². The molecule has 6 heteroatoms. The van der Waals surface area contributed by atoms with E-state index in [0.717, 1.165) is 37.9 Å². The van der Waals surface area contributed by atoms with Crippen LogP contribution in [0.1, 0.15) is 51.2 Å². The molecule has 2 aromatic rings. The molecule has 2 rings (SSSR count). The number of anilines is 1. The Balaban J connectivity index is 1.62. The molecule has 5 nitrogen and oxygen atoms in total. The molecule has 0 aliphatic heterocycles. The van der Waals surface area contributed by atoms with Crippen LogP contribution in [0.4, 0.5) is 5.69 Å². The summed E-state index contributed by atoms with van der Waals surface area (Å²) in [6.45, 7) is 6.52. The molecule has 0 aliphatic carbocycles. The number of unbranched alkanes of at least 4 members (excludes halogenated alkanes) is 2. The molecule has 0 radical (unpaired) electrons. The lowest BCUT2D eigenvalue weighted by atomic mass is 10.1. The fourth-order valence-corrected chi connectivity index (χ4v) is 3.41. The van der Waals surface area contributed by atoms with Gasteiger partial charge in [0, 0.05) is 31.2 Å². The summed E-state index contributed by atoms with van der Waals surface area (Å²) in [6.07, 6.45) is 7.39. The minimum Gasteiger partial charge on any atom is -0.385 e. The number of benzene rings is 1. The molecule has 0 amide bonds. The van der Waals surface area contributed by atoms with Crippen LogP contribution < -0.4 is 10.0 Å². The van der Waals surface area contributed by atoms with Gasteiger partial charge in [0.15, 0.2) is 0 Å². The number of pyridine rings is 1. The molecule has 0 spiro atoms. The summed E-state index contributed by atoms with van der Waals surface area (Å²) < 4.78 is 25.8. The first-order valence-electron chi connectivity index (χ1n) is 9.49. The Morgan fingerprint density at radius 1 is 0.852 bits per heavy atom. The number of hydrogen-bond donors (Lipinski definition) is 2. The Bertz CT molecular complexity index is 782. The fraction of sp³-hybridized carbons (Fsp3) is 0.476. The van der Waals surface area contributed by atoms with E-state index in [1.807, 2.05) is 24.5 Å². The smallest absolute Gasteiger partial charge is 0.216 e. The van der Waals surface area contributed by atoms with Crippen LogP contribution in [-0.4, -0.2) is 31.2 Å². The van der Waals surface area contributed by atoms with Gasteiger partial charge in [-0.25, -0.2) is 13.1 Å². The molecule has 0 bridgehead atoms. The van der Waals surface area contributed by atoms with E-state index in [9.17, 15) is 8.42 Å². The van der Waals surface area contributed by atoms with Crippen molar-refractivity contribution >= 4 is 15.7 Å². The van der Waals surface area contributed by atoms with Crippen molar-refractivity contribution in [1.82, 2.24) is 9.71 Å². The van der Waals surface area contributed by atoms with Gasteiger partial charge in [-0.1, -0.05) is 18.6 Å². The lowest BCUT2D eigenvalue weighted by Gasteiger charge is -2.19. The van der Waals surface area contributed by atoms with Crippen molar-refractivity contribution in [1.29, 1.82) is 0 Å². The molecule has 1 heterocycles. The Morgan fingerprint density at radius 3 is 2.07 bits per heavy atom. The molecule has 0 saturated heterocycles. The van der Waals surface area contributed by atoms with Gasteiger partial charge in [0.1, 0.15) is 0 Å². The lowest BCUT2D eigenvalue weighted by molar-refractivity contribution is 0.540. The topological polar surface area (TPSA) is 71.1 Å². The summed E-state index contributed by atoms with van der Waals surface area (Å²) in [4.78, 5) is 4.04. The molecule has 1 aromatic carbocycles. The fourth-order valence-electron chi connectivity index (χ4n) is 2.56. The van der Waals surface area contributed by atoms with Crippen molar-refractivity contribution in [3.8, 4) is 0 Å². The zero-order chi connectivity index (χ0) is 19.8. The minimum atomic E-state index is -3.23. The predicted molar refractivity (Wildman–Crippen MR) is 113 cm³/mol. The number of sulfonamides is 1. The highest BCUT2D eigenvalue weighted by Crippen LogP contribution is 2.14. The monoisotopic (exact) mass is 389 g/mol. The van der Waals surface area contributed by atoms with Crippen LogP contribution in [-0.2, 0) is 16.4 Å². The Labute approximate surface area is 163 Å². The van der Waals surface area contributed by atoms with Gasteiger partial charge in [0.05, 0.1) is 4.75 Å². The molecule has 0 unspecified atom stereocenters. The third kappa shape index (κ3) is 7.31. The molecule has 2 N–H and O–H groups in total. The summed E-state index contributed by atoms with van der Waals surface area (Å²) in [5, 5.41) is 3.42. The average Bonchev–Trinajstić information content (AvgIpc) is 2.62. The minimum absolute atomic E-state index is 0.503. The molecule has 1 aromatic heterocycles. The molecule has 148 valence electrons. The van der Waals surface area contributed by atoms with Crippen LogP contribution in [0.5, 0.6) is 0 Å². The van der Waals surface area contributed by atoms with Crippen LogP contribution in [0.25, 0.3) is 0 Å². The summed E-state index contributed by atoms with van der Waals surface area (Å²) in [6, 6.07) is 12.6. The van der Waals surface area contributed by atoms with Crippen LogP contribution in [0, 0.1) is 0 Å². The number of nitrogens with one attached hydrogen (secondary N) is 2. The maximum atomic E-state index is 11.9. The number of nitrogens with zero attached hydrogens (tertiary/aromatic N) is 1. The lowest BCUT2D eigenvalue weighted by Crippen LogP contribution is -2.39. The summed E-state index contributed by atoms with van der Waals surface area (Å²) in [5.74, 6) is 0. The van der Waals surface area contributed by atoms with E-state index in [1.165, 1.54) is 11.1 Å². The quantitative estimate of drug-likeness (QED) is 0.603. The maximum Gasteiger partial charge on any atom is 0.216 e. The molecule has 27 heavy (non-hydrogen) atoms. The highest BCUT2D eigenvalue weighted by atomic mass is 32.2. The third-order valence-electron chi connectivity index (χ3n) is 4.39. The van der Waals surface area contributed by atoms with Gasteiger partial charge in [-0.15, -0.1) is 0 Å². The highest BCUT2D eigenvalue weighted by Gasteiger charge is 2.27. The van der Waals surface area contributed by atoms with Crippen molar-refractivity contribution in [3.05, 3.63) is 59.9 Å². The highest BCUT2D eigenvalue weighted by molar-refractivity contribution is 7.90. The molecule has 0 saturated carbocycles. The van der Waals surface area contributed by atoms with Crippen molar-refractivity contribution in [2.75, 3.05) is 18.4 Å². The van der Waals surface area contributed by atoms with Gasteiger partial charge in [-0.2, -0.15) is 0 Å². The normalized spacial score (nSPS) is 12.1. The Morgan fingerprint density at radius 2 is 1.44 bits per heavy atom. The van der Waals surface area contributed by atoms with Gasteiger partial charge >= 0.3 is 0 Å². The second-order valence-corrected chi connectivity index (χ2v) is 10.2. The van der Waals surface area contributed by atoms with E-state index in [1.54, 1.807) is 20.8 Å². The third-order valence-corrected chi connectivity index (χ3v) is 6.59. The van der Waals surface area contributed by atoms with Gasteiger partial charge in [0.25, 0.3) is 0 Å². The van der Waals surface area contributed by atoms with Gasteiger partial charge < -0.3 is 5.32 Å². The van der Waals surface area contributed by atoms with Crippen LogP contribution >= 0.6 is 0 Å². The summed E-state index contributed by atoms with van der Waals surface area (Å²) in [7, 11) is -3.23. The zero-order valence-electron chi connectivity index (χ0n) is 16.5. The molecule has 0 aliphatic rings. The summed E-state index contributed by atoms with van der Waals surface area (Å²) in [5.41, 5.74) is 3.65. The second-order valence-electron chi connectivity index (χ2n) is 7.73. The van der Waals surface area contributed by atoms with E-state index in [2.05, 4.69) is 39.3 Å². The Kier molecular flexibility index (Phi) is 7.80. The SMILES string of the molecule is CC(C)(C)S(=O)(=O)NCCCCCNc1ccc(Cc2ccncc2)cc1. The first kappa shape index (κ1) is 21.4. The van der Waals surface area contributed by atoms with Crippen LogP contribution in [0.15, 0.2) is 48.8 Å². The average molecular weight is 390 g/mol. The first-order valence-corrected chi connectivity index (χ1v) is 11.0. The van der Waals surface area contributed by atoms with Gasteiger partial charge in [0.2, 0.25) is 10.0 Å². The maximum absolute atomic E-state index is 11.9. The van der Waals surface area contributed by atoms with Gasteiger partial charge in [-0.05, 0) is 75.4 Å². The van der Waals surface area contributed by atoms with E-state index in [4.69, 9.17) is 0 Å². The van der Waals surface area contributed by atoms with E-state index >= 15 is 0 Å². The molecular weight excluding hydrogens is 358 g/mol.